The summed E-state index contributed by atoms with van der Waals surface area (Å²) in [6.45, 7) is 6.70. The first-order chi connectivity index (χ1) is 7.72. The topological polar surface area (TPSA) is 30.5 Å². The lowest BCUT2D eigenvalue weighted by atomic mass is 10.2. The summed E-state index contributed by atoms with van der Waals surface area (Å²) in [4.78, 5) is 0. The number of rotatable bonds is 7. The molecule has 0 saturated heterocycles. The first-order valence-electron chi connectivity index (χ1n) is 5.68. The first kappa shape index (κ1) is 12.8. The molecule has 1 aromatic carbocycles. The van der Waals surface area contributed by atoms with Gasteiger partial charge in [0.15, 0.2) is 0 Å². The predicted molar refractivity (Wildman–Crippen MR) is 67.1 cm³/mol. The number of methoxy groups -OCH3 is 1. The Morgan fingerprint density at radius 1 is 1.19 bits per heavy atom. The smallest absolute Gasteiger partial charge is 0.119 e. The average molecular weight is 223 g/mol. The lowest BCUT2D eigenvalue weighted by Crippen LogP contribution is -2.11. The summed E-state index contributed by atoms with van der Waals surface area (Å²) in [7, 11) is 1.67. The number of hydrogen-bond donors (Lipinski definition) is 1. The summed E-state index contributed by atoms with van der Waals surface area (Å²) in [5.41, 5.74) is 1.09. The van der Waals surface area contributed by atoms with Crippen molar-refractivity contribution in [2.45, 2.75) is 13.8 Å². The third-order valence-electron chi connectivity index (χ3n) is 2.12. The number of ether oxygens (including phenoxy) is 2. The van der Waals surface area contributed by atoms with Gasteiger partial charge in [0.2, 0.25) is 0 Å². The van der Waals surface area contributed by atoms with Gasteiger partial charge >= 0.3 is 0 Å². The van der Waals surface area contributed by atoms with Gasteiger partial charge in [0.1, 0.15) is 5.75 Å². The first-order valence-corrected chi connectivity index (χ1v) is 5.68. The maximum atomic E-state index is 5.47. The zero-order valence-electron chi connectivity index (χ0n) is 10.3. The van der Waals surface area contributed by atoms with E-state index in [2.05, 4.69) is 19.2 Å². The van der Waals surface area contributed by atoms with E-state index in [1.165, 1.54) is 0 Å². The zero-order chi connectivity index (χ0) is 11.8. The van der Waals surface area contributed by atoms with E-state index in [9.17, 15) is 0 Å². The van der Waals surface area contributed by atoms with E-state index in [4.69, 9.17) is 9.47 Å². The predicted octanol–water partition coefficient (Wildman–Crippen LogP) is 2.78. The van der Waals surface area contributed by atoms with Crippen LogP contribution >= 0.6 is 0 Å². The van der Waals surface area contributed by atoms with Crippen LogP contribution in [0.2, 0.25) is 0 Å². The molecule has 1 rings (SSSR count). The number of nitrogens with one attached hydrogen (secondary N) is 1. The molecule has 90 valence electrons. The summed E-state index contributed by atoms with van der Waals surface area (Å²) in [6.07, 6.45) is 0. The fourth-order valence-corrected chi connectivity index (χ4v) is 1.30. The van der Waals surface area contributed by atoms with Crippen molar-refractivity contribution in [2.24, 2.45) is 5.92 Å². The van der Waals surface area contributed by atoms with Crippen LogP contribution in [0.5, 0.6) is 5.75 Å². The molecule has 16 heavy (non-hydrogen) atoms. The molecular formula is C13H21NO2. The van der Waals surface area contributed by atoms with Crippen LogP contribution in [0, 0.1) is 5.92 Å². The van der Waals surface area contributed by atoms with Gasteiger partial charge in [-0.25, -0.2) is 0 Å². The van der Waals surface area contributed by atoms with Crippen molar-refractivity contribution in [1.82, 2.24) is 0 Å². The SMILES string of the molecule is COc1ccc(NCCOCC(C)C)cc1. The molecule has 3 nitrogen and oxygen atoms in total. The Morgan fingerprint density at radius 3 is 2.44 bits per heavy atom. The largest absolute Gasteiger partial charge is 0.497 e. The molecule has 0 radical (unpaired) electrons. The van der Waals surface area contributed by atoms with E-state index in [0.29, 0.717) is 5.92 Å². The Morgan fingerprint density at radius 2 is 1.88 bits per heavy atom. The molecule has 0 aliphatic rings. The van der Waals surface area contributed by atoms with E-state index in [1.807, 2.05) is 24.3 Å². The molecule has 0 aliphatic carbocycles. The summed E-state index contributed by atoms with van der Waals surface area (Å²) in [6, 6.07) is 7.89. The van der Waals surface area contributed by atoms with Crippen LogP contribution in [0.1, 0.15) is 13.8 Å². The highest BCUT2D eigenvalue weighted by Gasteiger charge is 1.95. The fourth-order valence-electron chi connectivity index (χ4n) is 1.30. The van der Waals surface area contributed by atoms with Gasteiger partial charge in [-0.3, -0.25) is 0 Å². The van der Waals surface area contributed by atoms with Gasteiger partial charge in [0, 0.05) is 18.8 Å². The van der Waals surface area contributed by atoms with E-state index in [1.54, 1.807) is 7.11 Å². The van der Waals surface area contributed by atoms with E-state index in [-0.39, 0.29) is 0 Å². The van der Waals surface area contributed by atoms with Gasteiger partial charge in [-0.15, -0.1) is 0 Å². The molecule has 0 bridgehead atoms. The average Bonchev–Trinajstić information content (AvgIpc) is 2.29. The highest BCUT2D eigenvalue weighted by atomic mass is 16.5. The number of hydrogen-bond acceptors (Lipinski definition) is 3. The van der Waals surface area contributed by atoms with Crippen LogP contribution in [0.3, 0.4) is 0 Å². The minimum absolute atomic E-state index is 0.598. The number of benzene rings is 1. The van der Waals surface area contributed by atoms with Gasteiger partial charge in [-0.1, -0.05) is 13.8 Å². The van der Waals surface area contributed by atoms with Crippen molar-refractivity contribution < 1.29 is 9.47 Å². The third kappa shape index (κ3) is 5.03. The Kier molecular flexibility index (Phi) is 5.72. The Balaban J connectivity index is 2.16. The van der Waals surface area contributed by atoms with Crippen LogP contribution in [0.15, 0.2) is 24.3 Å². The van der Waals surface area contributed by atoms with Crippen LogP contribution in [0.4, 0.5) is 5.69 Å². The molecular weight excluding hydrogens is 202 g/mol. The van der Waals surface area contributed by atoms with E-state index < -0.39 is 0 Å². The number of anilines is 1. The van der Waals surface area contributed by atoms with Gasteiger partial charge in [-0.2, -0.15) is 0 Å². The molecule has 0 amide bonds. The standard InChI is InChI=1S/C13H21NO2/c1-11(2)10-16-9-8-14-12-4-6-13(15-3)7-5-12/h4-7,11,14H,8-10H2,1-3H3. The molecule has 0 atom stereocenters. The van der Waals surface area contributed by atoms with Crippen molar-refractivity contribution in [3.63, 3.8) is 0 Å². The molecule has 3 heteroatoms. The van der Waals surface area contributed by atoms with Crippen LogP contribution in [-0.4, -0.2) is 26.9 Å². The Labute approximate surface area is 97.8 Å². The van der Waals surface area contributed by atoms with Crippen LogP contribution in [0.25, 0.3) is 0 Å². The lowest BCUT2D eigenvalue weighted by Gasteiger charge is -2.09. The maximum absolute atomic E-state index is 5.47. The fraction of sp³-hybridized carbons (Fsp3) is 0.538. The summed E-state index contributed by atoms with van der Waals surface area (Å²) < 4.78 is 10.6. The highest BCUT2D eigenvalue weighted by Crippen LogP contribution is 2.14. The van der Waals surface area contributed by atoms with Gasteiger partial charge < -0.3 is 14.8 Å². The normalized spacial score (nSPS) is 10.5. The molecule has 0 spiro atoms. The molecule has 1 N–H and O–H groups in total. The Bertz CT molecular complexity index is 282. The third-order valence-corrected chi connectivity index (χ3v) is 2.12. The zero-order valence-corrected chi connectivity index (χ0v) is 10.3. The summed E-state index contributed by atoms with van der Waals surface area (Å²) >= 11 is 0. The second kappa shape index (κ2) is 7.12. The molecule has 0 aromatic heterocycles. The lowest BCUT2D eigenvalue weighted by molar-refractivity contribution is 0.118. The summed E-state index contributed by atoms with van der Waals surface area (Å²) in [5, 5.41) is 3.29. The quantitative estimate of drug-likeness (QED) is 0.721. The van der Waals surface area contributed by atoms with Gasteiger partial charge in [0.05, 0.1) is 13.7 Å². The van der Waals surface area contributed by atoms with Crippen molar-refractivity contribution >= 4 is 5.69 Å². The van der Waals surface area contributed by atoms with E-state index >= 15 is 0 Å². The van der Waals surface area contributed by atoms with Gasteiger partial charge in [-0.05, 0) is 30.2 Å². The maximum Gasteiger partial charge on any atom is 0.119 e. The second-order valence-electron chi connectivity index (χ2n) is 4.12. The second-order valence-corrected chi connectivity index (χ2v) is 4.12. The van der Waals surface area contributed by atoms with E-state index in [0.717, 1.165) is 31.2 Å². The monoisotopic (exact) mass is 223 g/mol. The Hall–Kier alpha value is -1.22. The molecule has 0 fully saturated rings. The molecule has 1 aromatic rings. The molecule has 0 aliphatic heterocycles. The van der Waals surface area contributed by atoms with Crippen molar-refractivity contribution in [2.75, 3.05) is 32.2 Å². The van der Waals surface area contributed by atoms with Gasteiger partial charge in [0.25, 0.3) is 0 Å². The minimum Gasteiger partial charge on any atom is -0.497 e. The minimum atomic E-state index is 0.598. The molecule has 0 heterocycles. The molecule has 0 unspecified atom stereocenters. The molecule has 0 saturated carbocycles. The van der Waals surface area contributed by atoms with Crippen LogP contribution in [-0.2, 0) is 4.74 Å². The summed E-state index contributed by atoms with van der Waals surface area (Å²) in [5.74, 6) is 1.47. The highest BCUT2D eigenvalue weighted by molar-refractivity contribution is 5.46. The van der Waals surface area contributed by atoms with Crippen molar-refractivity contribution in [3.05, 3.63) is 24.3 Å². The van der Waals surface area contributed by atoms with Crippen molar-refractivity contribution in [1.29, 1.82) is 0 Å². The van der Waals surface area contributed by atoms with Crippen molar-refractivity contribution in [3.8, 4) is 5.75 Å². The van der Waals surface area contributed by atoms with Crippen LogP contribution < -0.4 is 10.1 Å².